The van der Waals surface area contributed by atoms with Crippen molar-refractivity contribution in [1.29, 1.82) is 5.26 Å². The number of ether oxygens (including phenoxy) is 1. The summed E-state index contributed by atoms with van der Waals surface area (Å²) >= 11 is 6.93. The molecule has 7 nitrogen and oxygen atoms in total. The van der Waals surface area contributed by atoms with Crippen molar-refractivity contribution in [3.63, 3.8) is 0 Å². The number of thioether (sulfide) groups is 1. The van der Waals surface area contributed by atoms with Crippen molar-refractivity contribution in [2.24, 2.45) is 0 Å². The Kier molecular flexibility index (Phi) is 6.89. The molecule has 0 aliphatic rings. The second kappa shape index (κ2) is 9.78. The monoisotopic (exact) mass is 414 g/mol. The van der Waals surface area contributed by atoms with Crippen LogP contribution in [0.2, 0.25) is 5.02 Å². The average molecular weight is 415 g/mol. The summed E-state index contributed by atoms with van der Waals surface area (Å²) in [5, 5.41) is 17.7. The van der Waals surface area contributed by atoms with Gasteiger partial charge < -0.3 is 9.15 Å². The third-order valence-electron chi connectivity index (χ3n) is 3.54. The van der Waals surface area contributed by atoms with E-state index in [1.165, 1.54) is 4.90 Å². The number of amides is 1. The molecule has 0 N–H and O–H groups in total. The van der Waals surface area contributed by atoms with E-state index in [4.69, 9.17) is 26.0 Å². The van der Waals surface area contributed by atoms with E-state index in [1.54, 1.807) is 36.4 Å². The van der Waals surface area contributed by atoms with E-state index in [0.717, 1.165) is 11.8 Å². The molecule has 0 saturated carbocycles. The van der Waals surface area contributed by atoms with E-state index in [2.05, 4.69) is 10.2 Å². The minimum absolute atomic E-state index is 0.0343. The summed E-state index contributed by atoms with van der Waals surface area (Å²) in [7, 11) is 0. The summed E-state index contributed by atoms with van der Waals surface area (Å²) in [5.41, 5.74) is 0.664. The molecular formula is C19H15ClN4O3S. The van der Waals surface area contributed by atoms with Gasteiger partial charge in [-0.05, 0) is 36.4 Å². The Morgan fingerprint density at radius 3 is 2.64 bits per heavy atom. The first-order chi connectivity index (χ1) is 13.7. The first kappa shape index (κ1) is 19.7. The molecule has 0 radical (unpaired) electrons. The Balaban J connectivity index is 1.53. The predicted molar refractivity (Wildman–Crippen MR) is 105 cm³/mol. The molecule has 1 amide bonds. The van der Waals surface area contributed by atoms with Gasteiger partial charge in [-0.25, -0.2) is 0 Å². The smallest absolute Gasteiger partial charge is 0.277 e. The van der Waals surface area contributed by atoms with Gasteiger partial charge in [-0.2, -0.15) is 5.26 Å². The van der Waals surface area contributed by atoms with Gasteiger partial charge in [0, 0.05) is 10.7 Å². The minimum Gasteiger partial charge on any atom is -0.484 e. The number of nitriles is 1. The van der Waals surface area contributed by atoms with Crippen molar-refractivity contribution in [2.75, 3.05) is 17.2 Å². The number of halogens is 1. The van der Waals surface area contributed by atoms with Crippen molar-refractivity contribution in [2.45, 2.75) is 11.8 Å². The van der Waals surface area contributed by atoms with Gasteiger partial charge in [-0.1, -0.05) is 41.6 Å². The topological polar surface area (TPSA) is 92.2 Å². The van der Waals surface area contributed by atoms with Crippen LogP contribution in [0.4, 0.5) is 5.69 Å². The zero-order chi connectivity index (χ0) is 19.8. The molecule has 0 saturated heterocycles. The molecule has 0 atom stereocenters. The molecule has 1 heterocycles. The number of carbonyl (C=O) groups excluding carboxylic acids is 1. The summed E-state index contributed by atoms with van der Waals surface area (Å²) in [6.45, 7) is 0.0706. The molecule has 3 aromatic rings. The Morgan fingerprint density at radius 2 is 1.93 bits per heavy atom. The van der Waals surface area contributed by atoms with Gasteiger partial charge in [0.1, 0.15) is 12.3 Å². The summed E-state index contributed by atoms with van der Waals surface area (Å²) in [6, 6.07) is 17.9. The van der Waals surface area contributed by atoms with Crippen LogP contribution in [0.3, 0.4) is 0 Å². The predicted octanol–water partition coefficient (Wildman–Crippen LogP) is 3.95. The highest BCUT2D eigenvalue weighted by Gasteiger charge is 2.17. The molecule has 3 rings (SSSR count). The van der Waals surface area contributed by atoms with Crippen molar-refractivity contribution < 1.29 is 13.9 Å². The molecule has 0 aliphatic carbocycles. The van der Waals surface area contributed by atoms with Crippen LogP contribution in [-0.2, 0) is 11.4 Å². The summed E-state index contributed by atoms with van der Waals surface area (Å²) < 4.78 is 11.0. The molecule has 2 aromatic carbocycles. The number of benzene rings is 2. The van der Waals surface area contributed by atoms with Gasteiger partial charge in [-0.3, -0.25) is 9.69 Å². The fourth-order valence-corrected chi connectivity index (χ4v) is 3.02. The lowest BCUT2D eigenvalue weighted by atomic mass is 10.3. The fraction of sp³-hybridized carbons (Fsp3) is 0.158. The van der Waals surface area contributed by atoms with Crippen molar-refractivity contribution in [1.82, 2.24) is 10.2 Å². The van der Waals surface area contributed by atoms with Crippen LogP contribution in [0.1, 0.15) is 5.89 Å². The number of carbonyl (C=O) groups is 1. The molecule has 0 spiro atoms. The van der Waals surface area contributed by atoms with Crippen LogP contribution in [0.5, 0.6) is 5.75 Å². The average Bonchev–Trinajstić information content (AvgIpc) is 3.18. The van der Waals surface area contributed by atoms with Gasteiger partial charge in [-0.15, -0.1) is 10.2 Å². The van der Waals surface area contributed by atoms with Crippen LogP contribution < -0.4 is 9.64 Å². The molecular weight excluding hydrogens is 400 g/mol. The van der Waals surface area contributed by atoms with Crippen LogP contribution in [0.15, 0.2) is 64.2 Å². The van der Waals surface area contributed by atoms with Crippen LogP contribution in [0, 0.1) is 11.3 Å². The van der Waals surface area contributed by atoms with E-state index >= 15 is 0 Å². The van der Waals surface area contributed by atoms with E-state index in [1.807, 2.05) is 24.3 Å². The SMILES string of the molecule is N#CCN(C(=O)CSc1nnc(COc2ccc(Cl)cc2)o1)c1ccccc1. The van der Waals surface area contributed by atoms with Crippen LogP contribution in [0.25, 0.3) is 0 Å². The molecule has 0 fully saturated rings. The Labute approximate surface area is 170 Å². The number of hydrogen-bond donors (Lipinski definition) is 0. The summed E-state index contributed by atoms with van der Waals surface area (Å²) in [4.78, 5) is 13.9. The fourth-order valence-electron chi connectivity index (χ4n) is 2.23. The van der Waals surface area contributed by atoms with E-state index < -0.39 is 0 Å². The van der Waals surface area contributed by atoms with E-state index in [9.17, 15) is 4.79 Å². The highest BCUT2D eigenvalue weighted by molar-refractivity contribution is 7.99. The van der Waals surface area contributed by atoms with Gasteiger partial charge in [0.15, 0.2) is 6.61 Å². The molecule has 9 heteroatoms. The van der Waals surface area contributed by atoms with Gasteiger partial charge in [0.25, 0.3) is 11.1 Å². The van der Waals surface area contributed by atoms with Crippen LogP contribution in [-0.4, -0.2) is 28.4 Å². The van der Waals surface area contributed by atoms with Crippen molar-refractivity contribution in [3.05, 3.63) is 65.5 Å². The largest absolute Gasteiger partial charge is 0.484 e. The molecule has 142 valence electrons. The van der Waals surface area contributed by atoms with E-state index in [0.29, 0.717) is 22.4 Å². The lowest BCUT2D eigenvalue weighted by Crippen LogP contribution is -2.32. The van der Waals surface area contributed by atoms with Gasteiger partial charge >= 0.3 is 0 Å². The third kappa shape index (κ3) is 5.49. The second-order valence-corrected chi connectivity index (χ2v) is 6.83. The highest BCUT2D eigenvalue weighted by atomic mass is 35.5. The molecule has 0 aliphatic heterocycles. The Morgan fingerprint density at radius 1 is 1.18 bits per heavy atom. The van der Waals surface area contributed by atoms with Crippen LogP contribution >= 0.6 is 23.4 Å². The number of anilines is 1. The highest BCUT2D eigenvalue weighted by Crippen LogP contribution is 2.21. The third-order valence-corrected chi connectivity index (χ3v) is 4.60. The zero-order valence-corrected chi connectivity index (χ0v) is 16.2. The van der Waals surface area contributed by atoms with Gasteiger partial charge in [0.05, 0.1) is 11.8 Å². The number of nitrogens with zero attached hydrogens (tertiary/aromatic N) is 4. The van der Waals surface area contributed by atoms with E-state index in [-0.39, 0.29) is 30.0 Å². The van der Waals surface area contributed by atoms with Crippen molar-refractivity contribution in [3.8, 4) is 11.8 Å². The maximum Gasteiger partial charge on any atom is 0.277 e. The summed E-state index contributed by atoms with van der Waals surface area (Å²) in [6.07, 6.45) is 0. The molecule has 1 aromatic heterocycles. The standard InChI is InChI=1S/C19H15ClN4O3S/c20-14-6-8-16(9-7-14)26-12-17-22-23-19(27-17)28-13-18(25)24(11-10-21)15-4-2-1-3-5-15/h1-9H,11-13H2. The Hall–Kier alpha value is -3.02. The first-order valence-electron chi connectivity index (χ1n) is 8.21. The minimum atomic E-state index is -0.227. The lowest BCUT2D eigenvalue weighted by Gasteiger charge is -2.18. The lowest BCUT2D eigenvalue weighted by molar-refractivity contribution is -0.116. The quantitative estimate of drug-likeness (QED) is 0.407. The number of hydrogen-bond acceptors (Lipinski definition) is 7. The maximum atomic E-state index is 12.5. The maximum absolute atomic E-state index is 12.5. The number of aromatic nitrogens is 2. The second-order valence-electron chi connectivity index (χ2n) is 5.47. The summed E-state index contributed by atoms with van der Waals surface area (Å²) in [5.74, 6) is 0.759. The molecule has 28 heavy (non-hydrogen) atoms. The molecule has 0 unspecified atom stereocenters. The van der Waals surface area contributed by atoms with Crippen molar-refractivity contribution >= 4 is 35.0 Å². The zero-order valence-electron chi connectivity index (χ0n) is 14.6. The number of para-hydroxylation sites is 1. The van der Waals surface area contributed by atoms with Gasteiger partial charge in [0.2, 0.25) is 5.91 Å². The number of rotatable bonds is 8. The normalized spacial score (nSPS) is 10.3. The molecule has 0 bridgehead atoms. The first-order valence-corrected chi connectivity index (χ1v) is 9.58. The Bertz CT molecular complexity index is 957.